The van der Waals surface area contributed by atoms with Gasteiger partial charge in [0.2, 0.25) is 5.91 Å². The fourth-order valence-corrected chi connectivity index (χ4v) is 1.49. The van der Waals surface area contributed by atoms with Crippen LogP contribution in [-0.2, 0) is 14.3 Å². The SMILES string of the molecule is CCOC(=O)/C=C(\C)NC(=O)C(C)n1cc(Cl)cn1. The molecule has 1 aromatic heterocycles. The third-order valence-corrected chi connectivity index (χ3v) is 2.48. The van der Waals surface area contributed by atoms with Gasteiger partial charge in [-0.05, 0) is 20.8 Å². The fourth-order valence-electron chi connectivity index (χ4n) is 1.34. The Morgan fingerprint density at radius 3 is 2.84 bits per heavy atom. The number of rotatable bonds is 5. The third kappa shape index (κ3) is 4.75. The molecule has 0 aliphatic heterocycles. The molecule has 0 spiro atoms. The minimum absolute atomic E-state index is 0.290. The molecule has 0 radical (unpaired) electrons. The summed E-state index contributed by atoms with van der Waals surface area (Å²) in [5.74, 6) is -0.784. The van der Waals surface area contributed by atoms with Gasteiger partial charge in [0.25, 0.3) is 0 Å². The second-order valence-corrected chi connectivity index (χ2v) is 4.32. The average Bonchev–Trinajstić information content (AvgIpc) is 2.74. The van der Waals surface area contributed by atoms with Gasteiger partial charge in [0.05, 0.1) is 17.8 Å². The zero-order valence-electron chi connectivity index (χ0n) is 11.0. The molecule has 0 bridgehead atoms. The Labute approximate surface area is 116 Å². The number of nitrogens with one attached hydrogen (secondary N) is 1. The van der Waals surface area contributed by atoms with Gasteiger partial charge in [-0.15, -0.1) is 0 Å². The van der Waals surface area contributed by atoms with Crippen molar-refractivity contribution in [2.24, 2.45) is 0 Å². The maximum absolute atomic E-state index is 11.9. The normalized spacial score (nSPS) is 12.9. The van der Waals surface area contributed by atoms with Crippen LogP contribution in [0.5, 0.6) is 0 Å². The van der Waals surface area contributed by atoms with Crippen LogP contribution in [0.4, 0.5) is 0 Å². The zero-order valence-corrected chi connectivity index (χ0v) is 11.8. The summed E-state index contributed by atoms with van der Waals surface area (Å²) in [6.07, 6.45) is 4.23. The Hall–Kier alpha value is -1.82. The molecule has 1 heterocycles. The minimum Gasteiger partial charge on any atom is -0.463 e. The van der Waals surface area contributed by atoms with Gasteiger partial charge >= 0.3 is 5.97 Å². The number of carbonyl (C=O) groups is 2. The molecule has 1 aromatic rings. The Morgan fingerprint density at radius 2 is 2.32 bits per heavy atom. The van der Waals surface area contributed by atoms with Gasteiger partial charge in [0, 0.05) is 18.0 Å². The van der Waals surface area contributed by atoms with Crippen molar-refractivity contribution in [1.82, 2.24) is 15.1 Å². The van der Waals surface area contributed by atoms with Crippen LogP contribution >= 0.6 is 11.6 Å². The van der Waals surface area contributed by atoms with Gasteiger partial charge in [0.1, 0.15) is 6.04 Å². The topological polar surface area (TPSA) is 73.2 Å². The van der Waals surface area contributed by atoms with E-state index in [-0.39, 0.29) is 5.91 Å². The molecular weight excluding hydrogens is 270 g/mol. The number of nitrogens with zero attached hydrogens (tertiary/aromatic N) is 2. The molecule has 7 heteroatoms. The first-order chi connectivity index (χ1) is 8.93. The van der Waals surface area contributed by atoms with Gasteiger partial charge < -0.3 is 10.1 Å². The van der Waals surface area contributed by atoms with E-state index in [9.17, 15) is 9.59 Å². The highest BCUT2D eigenvalue weighted by Gasteiger charge is 2.16. The molecule has 1 N–H and O–H groups in total. The maximum atomic E-state index is 11.9. The lowest BCUT2D eigenvalue weighted by Crippen LogP contribution is -2.30. The summed E-state index contributed by atoms with van der Waals surface area (Å²) < 4.78 is 6.18. The quantitative estimate of drug-likeness (QED) is 0.660. The summed E-state index contributed by atoms with van der Waals surface area (Å²) in [6, 6.07) is -0.530. The second kappa shape index (κ2) is 6.94. The summed E-state index contributed by atoms with van der Waals surface area (Å²) in [4.78, 5) is 23.1. The number of aromatic nitrogens is 2. The highest BCUT2D eigenvalue weighted by molar-refractivity contribution is 6.30. The van der Waals surface area contributed by atoms with Crippen LogP contribution in [0.1, 0.15) is 26.8 Å². The van der Waals surface area contributed by atoms with E-state index in [0.29, 0.717) is 17.3 Å². The van der Waals surface area contributed by atoms with E-state index in [1.807, 2.05) is 0 Å². The van der Waals surface area contributed by atoms with E-state index >= 15 is 0 Å². The minimum atomic E-state index is -0.530. The molecule has 0 saturated carbocycles. The number of halogens is 1. The van der Waals surface area contributed by atoms with Gasteiger partial charge in [-0.25, -0.2) is 4.79 Å². The lowest BCUT2D eigenvalue weighted by molar-refractivity contribution is -0.137. The van der Waals surface area contributed by atoms with E-state index in [2.05, 4.69) is 10.4 Å². The highest BCUT2D eigenvalue weighted by Crippen LogP contribution is 2.11. The maximum Gasteiger partial charge on any atom is 0.332 e. The number of esters is 1. The molecule has 19 heavy (non-hydrogen) atoms. The Balaban J connectivity index is 2.61. The number of hydrogen-bond donors (Lipinski definition) is 1. The van der Waals surface area contributed by atoms with Crippen LogP contribution in [0.2, 0.25) is 5.02 Å². The first-order valence-corrected chi connectivity index (χ1v) is 6.17. The molecule has 1 atom stereocenters. The molecule has 6 nitrogen and oxygen atoms in total. The molecule has 0 saturated heterocycles. The van der Waals surface area contributed by atoms with Crippen LogP contribution in [0.25, 0.3) is 0 Å². The van der Waals surface area contributed by atoms with Crippen molar-refractivity contribution in [2.75, 3.05) is 6.61 Å². The van der Waals surface area contributed by atoms with Crippen LogP contribution in [-0.4, -0.2) is 28.3 Å². The first kappa shape index (κ1) is 15.2. The van der Waals surface area contributed by atoms with E-state index in [4.69, 9.17) is 16.3 Å². The van der Waals surface area contributed by atoms with Crippen LogP contribution in [0.15, 0.2) is 24.2 Å². The Kier molecular flexibility index (Phi) is 5.57. The van der Waals surface area contributed by atoms with Gasteiger partial charge in [-0.2, -0.15) is 5.10 Å². The third-order valence-electron chi connectivity index (χ3n) is 2.29. The predicted molar refractivity (Wildman–Crippen MR) is 70.5 cm³/mol. The van der Waals surface area contributed by atoms with E-state index in [1.165, 1.54) is 17.0 Å². The molecular formula is C12H16ClN3O3. The summed E-state index contributed by atoms with van der Waals surface area (Å²) in [5, 5.41) is 7.00. The number of allylic oxidation sites excluding steroid dienone is 1. The van der Waals surface area contributed by atoms with Crippen LogP contribution < -0.4 is 5.32 Å². The molecule has 0 fully saturated rings. The molecule has 104 valence electrons. The van der Waals surface area contributed by atoms with Gasteiger partial charge in [0.15, 0.2) is 0 Å². The molecule has 0 aliphatic carbocycles. The molecule has 0 aromatic carbocycles. The Bertz CT molecular complexity index is 496. The van der Waals surface area contributed by atoms with E-state index in [1.54, 1.807) is 27.0 Å². The summed E-state index contributed by atoms with van der Waals surface area (Å²) in [7, 11) is 0. The molecule has 1 rings (SSSR count). The number of ether oxygens (including phenoxy) is 1. The van der Waals surface area contributed by atoms with Crippen molar-refractivity contribution in [1.29, 1.82) is 0 Å². The highest BCUT2D eigenvalue weighted by atomic mass is 35.5. The molecule has 0 aliphatic rings. The van der Waals surface area contributed by atoms with E-state index in [0.717, 1.165) is 0 Å². The van der Waals surface area contributed by atoms with Crippen LogP contribution in [0, 0.1) is 0 Å². The number of hydrogen-bond acceptors (Lipinski definition) is 4. The number of amides is 1. The second-order valence-electron chi connectivity index (χ2n) is 3.88. The standard InChI is InChI=1S/C12H16ClN3O3/c1-4-19-11(17)5-8(2)15-12(18)9(3)16-7-10(13)6-14-16/h5-7,9H,4H2,1-3H3,(H,15,18)/b8-5+. The van der Waals surface area contributed by atoms with Crippen molar-refractivity contribution in [3.05, 3.63) is 29.2 Å². The number of carbonyl (C=O) groups excluding carboxylic acids is 2. The molecule has 1 amide bonds. The lowest BCUT2D eigenvalue weighted by atomic mass is 10.3. The largest absolute Gasteiger partial charge is 0.463 e. The summed E-state index contributed by atoms with van der Waals surface area (Å²) in [6.45, 7) is 5.29. The Morgan fingerprint density at radius 1 is 1.63 bits per heavy atom. The average molecular weight is 286 g/mol. The van der Waals surface area contributed by atoms with Crippen molar-refractivity contribution >= 4 is 23.5 Å². The monoisotopic (exact) mass is 285 g/mol. The zero-order chi connectivity index (χ0) is 14.4. The first-order valence-electron chi connectivity index (χ1n) is 5.79. The smallest absolute Gasteiger partial charge is 0.332 e. The molecule has 1 unspecified atom stereocenters. The fraction of sp³-hybridized carbons (Fsp3) is 0.417. The van der Waals surface area contributed by atoms with E-state index < -0.39 is 12.0 Å². The van der Waals surface area contributed by atoms with Crippen LogP contribution in [0.3, 0.4) is 0 Å². The van der Waals surface area contributed by atoms with Gasteiger partial charge in [-0.3, -0.25) is 9.48 Å². The van der Waals surface area contributed by atoms with Crippen molar-refractivity contribution in [3.8, 4) is 0 Å². The van der Waals surface area contributed by atoms with Gasteiger partial charge in [-0.1, -0.05) is 11.6 Å². The predicted octanol–water partition coefficient (Wildman–Crippen LogP) is 1.68. The summed E-state index contributed by atoms with van der Waals surface area (Å²) >= 11 is 5.73. The van der Waals surface area contributed by atoms with Crippen molar-refractivity contribution < 1.29 is 14.3 Å². The summed E-state index contributed by atoms with van der Waals surface area (Å²) in [5.41, 5.74) is 0.411. The van der Waals surface area contributed by atoms with Crippen molar-refractivity contribution in [3.63, 3.8) is 0 Å². The van der Waals surface area contributed by atoms with Crippen molar-refractivity contribution in [2.45, 2.75) is 26.8 Å². The lowest BCUT2D eigenvalue weighted by Gasteiger charge is -2.12.